The Morgan fingerprint density at radius 2 is 1.88 bits per heavy atom. The second kappa shape index (κ2) is 7.74. The first-order valence-electron chi connectivity index (χ1n) is 8.34. The number of carbonyl (C=O) groups excluding carboxylic acids is 1. The number of imidazole rings is 1. The molecule has 0 aliphatic carbocycles. The summed E-state index contributed by atoms with van der Waals surface area (Å²) >= 11 is 1.72. The molecule has 0 spiro atoms. The van der Waals surface area contributed by atoms with Gasteiger partial charge in [-0.1, -0.05) is 49.9 Å². The molecule has 1 heterocycles. The molecule has 0 radical (unpaired) electrons. The van der Waals surface area contributed by atoms with Crippen LogP contribution >= 0.6 is 11.8 Å². The highest BCUT2D eigenvalue weighted by Crippen LogP contribution is 2.27. The van der Waals surface area contributed by atoms with Crippen molar-refractivity contribution in [3.05, 3.63) is 59.7 Å². The number of para-hydroxylation sites is 2. The van der Waals surface area contributed by atoms with Gasteiger partial charge >= 0.3 is 5.97 Å². The van der Waals surface area contributed by atoms with E-state index in [1.165, 1.54) is 12.6 Å². The van der Waals surface area contributed by atoms with E-state index < -0.39 is 0 Å². The van der Waals surface area contributed by atoms with Gasteiger partial charge in [-0.05, 0) is 35.7 Å². The highest BCUT2D eigenvalue weighted by Gasteiger charge is 2.12. The topological polar surface area (TPSA) is 44.1 Å². The van der Waals surface area contributed by atoms with Gasteiger partial charge < -0.3 is 9.30 Å². The zero-order valence-corrected chi connectivity index (χ0v) is 15.5. The van der Waals surface area contributed by atoms with Crippen molar-refractivity contribution in [3.63, 3.8) is 0 Å². The average Bonchev–Trinajstić information content (AvgIpc) is 2.97. The zero-order valence-electron chi connectivity index (χ0n) is 14.7. The van der Waals surface area contributed by atoms with Crippen LogP contribution in [0, 0.1) is 5.92 Å². The van der Waals surface area contributed by atoms with Crippen molar-refractivity contribution in [2.24, 2.45) is 5.92 Å². The van der Waals surface area contributed by atoms with E-state index in [-0.39, 0.29) is 5.97 Å². The van der Waals surface area contributed by atoms with Crippen molar-refractivity contribution < 1.29 is 9.53 Å². The van der Waals surface area contributed by atoms with Crippen LogP contribution in [0.1, 0.15) is 29.8 Å². The van der Waals surface area contributed by atoms with Crippen molar-refractivity contribution in [3.8, 4) is 0 Å². The molecule has 130 valence electrons. The minimum absolute atomic E-state index is 0.307. The maximum atomic E-state index is 11.5. The normalized spacial score (nSPS) is 11.2. The quantitative estimate of drug-likeness (QED) is 0.472. The molecule has 25 heavy (non-hydrogen) atoms. The van der Waals surface area contributed by atoms with Gasteiger partial charge in [-0.2, -0.15) is 0 Å². The molecule has 1 aromatic heterocycles. The summed E-state index contributed by atoms with van der Waals surface area (Å²) in [7, 11) is 1.39. The van der Waals surface area contributed by atoms with E-state index in [1.807, 2.05) is 18.2 Å². The van der Waals surface area contributed by atoms with Crippen molar-refractivity contribution in [2.45, 2.75) is 31.3 Å². The Bertz CT molecular complexity index is 869. The van der Waals surface area contributed by atoms with E-state index in [9.17, 15) is 4.79 Å². The Kier molecular flexibility index (Phi) is 5.43. The lowest BCUT2D eigenvalue weighted by molar-refractivity contribution is 0.0600. The van der Waals surface area contributed by atoms with Gasteiger partial charge in [0.15, 0.2) is 5.16 Å². The minimum Gasteiger partial charge on any atom is -0.465 e. The van der Waals surface area contributed by atoms with Gasteiger partial charge in [0, 0.05) is 12.3 Å². The summed E-state index contributed by atoms with van der Waals surface area (Å²) in [5.74, 6) is 1.05. The number of esters is 1. The lowest BCUT2D eigenvalue weighted by Gasteiger charge is -2.11. The van der Waals surface area contributed by atoms with Gasteiger partial charge in [0.05, 0.1) is 23.7 Å². The third-order valence-corrected chi connectivity index (χ3v) is 4.96. The summed E-state index contributed by atoms with van der Waals surface area (Å²) in [6.07, 6.45) is 0. The fraction of sp³-hybridized carbons (Fsp3) is 0.300. The number of aromatic nitrogens is 2. The van der Waals surface area contributed by atoms with E-state index in [0.717, 1.165) is 28.5 Å². The lowest BCUT2D eigenvalue weighted by Crippen LogP contribution is -2.05. The van der Waals surface area contributed by atoms with Crippen LogP contribution in [0.15, 0.2) is 53.7 Å². The number of nitrogens with zero attached hydrogens (tertiary/aromatic N) is 2. The third kappa shape index (κ3) is 4.04. The maximum absolute atomic E-state index is 11.5. The van der Waals surface area contributed by atoms with Gasteiger partial charge in [-0.25, -0.2) is 9.78 Å². The molecule has 3 rings (SSSR count). The first-order chi connectivity index (χ1) is 12.1. The van der Waals surface area contributed by atoms with E-state index in [1.54, 1.807) is 23.9 Å². The smallest absolute Gasteiger partial charge is 0.337 e. The molecule has 0 fully saturated rings. The summed E-state index contributed by atoms with van der Waals surface area (Å²) in [5.41, 5.74) is 3.94. The molecule has 0 saturated heterocycles. The number of thioether (sulfide) groups is 1. The molecular weight excluding hydrogens is 332 g/mol. The molecule has 0 bridgehead atoms. The Balaban J connectivity index is 1.79. The third-order valence-electron chi connectivity index (χ3n) is 3.91. The Morgan fingerprint density at radius 3 is 2.56 bits per heavy atom. The Labute approximate surface area is 152 Å². The molecule has 0 unspecified atom stereocenters. The van der Waals surface area contributed by atoms with Crippen molar-refractivity contribution in [2.75, 3.05) is 7.11 Å². The first kappa shape index (κ1) is 17.5. The van der Waals surface area contributed by atoms with Gasteiger partial charge in [0.1, 0.15) is 0 Å². The summed E-state index contributed by atoms with van der Waals surface area (Å²) in [6, 6.07) is 15.8. The zero-order chi connectivity index (χ0) is 17.8. The second-order valence-corrected chi connectivity index (χ2v) is 7.31. The SMILES string of the molecule is COC(=O)c1ccc(CSc2nc3ccccc3n2CC(C)C)cc1. The van der Waals surface area contributed by atoms with E-state index in [2.05, 4.69) is 36.6 Å². The van der Waals surface area contributed by atoms with Crippen LogP contribution in [0.3, 0.4) is 0 Å². The predicted octanol–water partition coefficient (Wildman–Crippen LogP) is 4.77. The highest BCUT2D eigenvalue weighted by atomic mass is 32.2. The van der Waals surface area contributed by atoms with Gasteiger partial charge in [-0.3, -0.25) is 0 Å². The molecule has 0 saturated carbocycles. The van der Waals surface area contributed by atoms with Crippen molar-refractivity contribution in [1.29, 1.82) is 0 Å². The van der Waals surface area contributed by atoms with Crippen LogP contribution in [0.2, 0.25) is 0 Å². The number of methoxy groups -OCH3 is 1. The van der Waals surface area contributed by atoms with Crippen LogP contribution in [0.25, 0.3) is 11.0 Å². The van der Waals surface area contributed by atoms with Crippen LogP contribution in [-0.4, -0.2) is 22.6 Å². The molecule has 0 aliphatic rings. The lowest BCUT2D eigenvalue weighted by atomic mass is 10.1. The molecule has 4 nitrogen and oxygen atoms in total. The summed E-state index contributed by atoms with van der Waals surface area (Å²) < 4.78 is 7.03. The standard InChI is InChI=1S/C20H22N2O2S/c1-14(2)12-22-18-7-5-4-6-17(18)21-20(22)25-13-15-8-10-16(11-9-15)19(23)24-3/h4-11,14H,12-13H2,1-3H3. The van der Waals surface area contributed by atoms with Crippen LogP contribution < -0.4 is 0 Å². The maximum Gasteiger partial charge on any atom is 0.337 e. The molecule has 5 heteroatoms. The highest BCUT2D eigenvalue weighted by molar-refractivity contribution is 7.98. The molecule has 0 N–H and O–H groups in total. The van der Waals surface area contributed by atoms with Crippen LogP contribution in [-0.2, 0) is 17.0 Å². The Morgan fingerprint density at radius 1 is 1.16 bits per heavy atom. The Hall–Kier alpha value is -2.27. The van der Waals surface area contributed by atoms with E-state index >= 15 is 0 Å². The number of rotatable bonds is 6. The number of carbonyl (C=O) groups is 1. The molecule has 3 aromatic rings. The second-order valence-electron chi connectivity index (χ2n) is 6.36. The van der Waals surface area contributed by atoms with E-state index in [4.69, 9.17) is 9.72 Å². The molecule has 0 aliphatic heterocycles. The summed E-state index contributed by atoms with van der Waals surface area (Å²) in [5, 5.41) is 1.03. The number of hydrogen-bond donors (Lipinski definition) is 0. The van der Waals surface area contributed by atoms with Crippen molar-refractivity contribution >= 4 is 28.8 Å². The molecule has 2 aromatic carbocycles. The number of benzene rings is 2. The van der Waals surface area contributed by atoms with Crippen LogP contribution in [0.5, 0.6) is 0 Å². The van der Waals surface area contributed by atoms with Gasteiger partial charge in [0.2, 0.25) is 0 Å². The average molecular weight is 354 g/mol. The number of fused-ring (bicyclic) bond motifs is 1. The van der Waals surface area contributed by atoms with E-state index in [0.29, 0.717) is 11.5 Å². The molecule has 0 atom stereocenters. The largest absolute Gasteiger partial charge is 0.465 e. The summed E-state index contributed by atoms with van der Waals surface area (Å²) in [6.45, 7) is 5.38. The summed E-state index contributed by atoms with van der Waals surface area (Å²) in [4.78, 5) is 16.3. The minimum atomic E-state index is -0.307. The fourth-order valence-corrected chi connectivity index (χ4v) is 3.69. The fourth-order valence-electron chi connectivity index (χ4n) is 2.71. The van der Waals surface area contributed by atoms with Gasteiger partial charge in [-0.15, -0.1) is 0 Å². The van der Waals surface area contributed by atoms with Gasteiger partial charge in [0.25, 0.3) is 0 Å². The molecular formula is C20H22N2O2S. The first-order valence-corrected chi connectivity index (χ1v) is 9.32. The number of hydrogen-bond acceptors (Lipinski definition) is 4. The van der Waals surface area contributed by atoms with Crippen LogP contribution in [0.4, 0.5) is 0 Å². The number of ether oxygens (including phenoxy) is 1. The predicted molar refractivity (Wildman–Crippen MR) is 102 cm³/mol. The molecule has 0 amide bonds. The van der Waals surface area contributed by atoms with Crippen molar-refractivity contribution in [1.82, 2.24) is 9.55 Å². The monoisotopic (exact) mass is 354 g/mol.